The molecule has 2 heterocycles. The van der Waals surface area contributed by atoms with Gasteiger partial charge in [-0.3, -0.25) is 9.59 Å². The van der Waals surface area contributed by atoms with Crippen molar-refractivity contribution in [1.82, 2.24) is 15.5 Å². The number of ketones is 1. The minimum Gasteiger partial charge on any atom is -0.378 e. The zero-order valence-corrected chi connectivity index (χ0v) is 16.1. The first-order valence-corrected chi connectivity index (χ1v) is 9.37. The van der Waals surface area contributed by atoms with Crippen LogP contribution in [-0.2, 0) is 19.1 Å². The second kappa shape index (κ2) is 9.32. The van der Waals surface area contributed by atoms with E-state index in [4.69, 9.17) is 9.47 Å². The number of hydrogen-bond donors (Lipinski definition) is 2. The fraction of sp³-hybridized carbons (Fsp3) is 0.833. The number of urea groups is 1. The van der Waals surface area contributed by atoms with Crippen LogP contribution in [0, 0.1) is 11.8 Å². The molecule has 2 aliphatic rings. The summed E-state index contributed by atoms with van der Waals surface area (Å²) in [5.41, 5.74) is 0. The van der Waals surface area contributed by atoms with Gasteiger partial charge in [0.2, 0.25) is 5.91 Å². The van der Waals surface area contributed by atoms with Crippen molar-refractivity contribution in [2.75, 3.05) is 32.9 Å². The Hall–Kier alpha value is -1.67. The number of carbonyl (C=O) groups excluding carboxylic acids is 3. The van der Waals surface area contributed by atoms with Gasteiger partial charge in [0, 0.05) is 13.1 Å². The summed E-state index contributed by atoms with van der Waals surface area (Å²) in [6.07, 6.45) is 0.153. The maximum Gasteiger partial charge on any atom is 0.318 e. The van der Waals surface area contributed by atoms with Crippen LogP contribution in [0.2, 0.25) is 0 Å². The highest BCUT2D eigenvalue weighted by molar-refractivity contribution is 5.94. The SMILES string of the molecule is CC(C)C(C)C[C@H](NC(=O)N1CCOCC1)C(=O)N[C@@H]1C(=O)CO[C@H]1C. The molecule has 0 aromatic rings. The van der Waals surface area contributed by atoms with Gasteiger partial charge in [0.25, 0.3) is 0 Å². The second-order valence-electron chi connectivity index (χ2n) is 7.53. The van der Waals surface area contributed by atoms with Gasteiger partial charge in [-0.2, -0.15) is 0 Å². The molecule has 2 N–H and O–H groups in total. The Morgan fingerprint density at radius 1 is 1.23 bits per heavy atom. The molecule has 26 heavy (non-hydrogen) atoms. The van der Waals surface area contributed by atoms with Crippen LogP contribution in [0.5, 0.6) is 0 Å². The van der Waals surface area contributed by atoms with Crippen LogP contribution in [0.1, 0.15) is 34.1 Å². The molecular formula is C18H31N3O5. The monoisotopic (exact) mass is 369 g/mol. The summed E-state index contributed by atoms with van der Waals surface area (Å²) >= 11 is 0. The third-order valence-corrected chi connectivity index (χ3v) is 5.26. The summed E-state index contributed by atoms with van der Waals surface area (Å²) in [5, 5.41) is 5.60. The molecule has 0 aliphatic carbocycles. The van der Waals surface area contributed by atoms with Gasteiger partial charge in [0.1, 0.15) is 18.7 Å². The van der Waals surface area contributed by atoms with E-state index in [0.717, 1.165) is 0 Å². The average molecular weight is 369 g/mol. The Bertz CT molecular complexity index is 519. The zero-order valence-electron chi connectivity index (χ0n) is 16.1. The number of amides is 3. The van der Waals surface area contributed by atoms with Crippen molar-refractivity contribution in [2.45, 2.75) is 52.3 Å². The van der Waals surface area contributed by atoms with E-state index < -0.39 is 12.1 Å². The Morgan fingerprint density at radius 2 is 1.88 bits per heavy atom. The first-order valence-electron chi connectivity index (χ1n) is 9.37. The zero-order chi connectivity index (χ0) is 19.3. The van der Waals surface area contributed by atoms with Crippen LogP contribution in [0.25, 0.3) is 0 Å². The third-order valence-electron chi connectivity index (χ3n) is 5.26. The number of carbonyl (C=O) groups is 3. The van der Waals surface area contributed by atoms with Crippen molar-refractivity contribution < 1.29 is 23.9 Å². The molecule has 2 fully saturated rings. The Labute approximate surface area is 155 Å². The quantitative estimate of drug-likeness (QED) is 0.713. The van der Waals surface area contributed by atoms with E-state index >= 15 is 0 Å². The lowest BCUT2D eigenvalue weighted by molar-refractivity contribution is -0.127. The number of Topliss-reactive ketones (excluding diaryl/α,β-unsaturated/α-hetero) is 1. The van der Waals surface area contributed by atoms with Crippen LogP contribution >= 0.6 is 0 Å². The number of nitrogens with zero attached hydrogens (tertiary/aromatic N) is 1. The topological polar surface area (TPSA) is 97.0 Å². The van der Waals surface area contributed by atoms with E-state index in [1.54, 1.807) is 11.8 Å². The number of morpholine rings is 1. The van der Waals surface area contributed by atoms with Gasteiger partial charge in [-0.1, -0.05) is 20.8 Å². The molecule has 0 aromatic carbocycles. The fourth-order valence-corrected chi connectivity index (χ4v) is 3.00. The van der Waals surface area contributed by atoms with Crippen LogP contribution in [0.4, 0.5) is 4.79 Å². The van der Waals surface area contributed by atoms with E-state index in [2.05, 4.69) is 31.4 Å². The van der Waals surface area contributed by atoms with E-state index in [9.17, 15) is 14.4 Å². The fourth-order valence-electron chi connectivity index (χ4n) is 3.00. The van der Waals surface area contributed by atoms with E-state index in [1.807, 2.05) is 0 Å². The molecule has 0 spiro atoms. The van der Waals surface area contributed by atoms with Gasteiger partial charge in [-0.05, 0) is 25.2 Å². The molecular weight excluding hydrogens is 338 g/mol. The molecule has 0 saturated carbocycles. The Balaban J connectivity index is 2.02. The largest absolute Gasteiger partial charge is 0.378 e. The van der Waals surface area contributed by atoms with Crippen molar-refractivity contribution in [3.63, 3.8) is 0 Å². The predicted molar refractivity (Wildman–Crippen MR) is 95.7 cm³/mol. The van der Waals surface area contributed by atoms with Gasteiger partial charge in [0.15, 0.2) is 5.78 Å². The van der Waals surface area contributed by atoms with Crippen molar-refractivity contribution in [2.24, 2.45) is 11.8 Å². The molecule has 2 rings (SSSR count). The van der Waals surface area contributed by atoms with Crippen LogP contribution in [0.3, 0.4) is 0 Å². The first kappa shape index (κ1) is 20.6. The molecule has 8 nitrogen and oxygen atoms in total. The van der Waals surface area contributed by atoms with Crippen molar-refractivity contribution in [3.05, 3.63) is 0 Å². The van der Waals surface area contributed by atoms with Crippen LogP contribution in [0.15, 0.2) is 0 Å². The highest BCUT2D eigenvalue weighted by atomic mass is 16.5. The summed E-state index contributed by atoms with van der Waals surface area (Å²) in [6.45, 7) is 10.00. The first-order chi connectivity index (χ1) is 12.3. The summed E-state index contributed by atoms with van der Waals surface area (Å²) in [4.78, 5) is 38.9. The normalized spacial score (nSPS) is 25.9. The lowest BCUT2D eigenvalue weighted by atomic mass is 9.90. The molecule has 0 bridgehead atoms. The standard InChI is InChI=1S/C18H31N3O5/c1-11(2)12(3)9-14(19-18(24)21-5-7-25-8-6-21)17(23)20-16-13(4)26-10-15(16)22/h11-14,16H,5-10H2,1-4H3,(H,19,24)(H,20,23)/t12?,13-,14-,16-/m0/s1. The molecule has 8 heteroatoms. The summed E-state index contributed by atoms with van der Waals surface area (Å²) in [6, 6.07) is -1.62. The van der Waals surface area contributed by atoms with Crippen LogP contribution in [-0.4, -0.2) is 73.7 Å². The van der Waals surface area contributed by atoms with Gasteiger partial charge >= 0.3 is 6.03 Å². The maximum atomic E-state index is 12.8. The minimum absolute atomic E-state index is 0.0132. The van der Waals surface area contributed by atoms with Crippen molar-refractivity contribution >= 4 is 17.7 Å². The molecule has 2 aliphatic heterocycles. The molecule has 148 valence electrons. The smallest absolute Gasteiger partial charge is 0.318 e. The molecule has 2 saturated heterocycles. The number of rotatable bonds is 6. The average Bonchev–Trinajstić information content (AvgIpc) is 2.93. The van der Waals surface area contributed by atoms with Crippen molar-refractivity contribution in [3.8, 4) is 0 Å². The number of nitrogens with one attached hydrogen (secondary N) is 2. The van der Waals surface area contributed by atoms with Gasteiger partial charge in [-0.25, -0.2) is 4.79 Å². The summed E-state index contributed by atoms with van der Waals surface area (Å²) in [7, 11) is 0. The maximum absolute atomic E-state index is 12.8. The highest BCUT2D eigenvalue weighted by Crippen LogP contribution is 2.17. The molecule has 0 aromatic heterocycles. The summed E-state index contributed by atoms with van der Waals surface area (Å²) < 4.78 is 10.5. The molecule has 0 radical (unpaired) electrons. The molecule has 4 atom stereocenters. The van der Waals surface area contributed by atoms with E-state index in [0.29, 0.717) is 38.6 Å². The summed E-state index contributed by atoms with van der Waals surface area (Å²) in [5.74, 6) is 0.139. The lowest BCUT2D eigenvalue weighted by Crippen LogP contribution is -2.56. The van der Waals surface area contributed by atoms with E-state index in [-0.39, 0.29) is 36.4 Å². The van der Waals surface area contributed by atoms with Gasteiger partial charge in [0.05, 0.1) is 19.3 Å². The highest BCUT2D eigenvalue weighted by Gasteiger charge is 2.36. The predicted octanol–water partition coefficient (Wildman–Crippen LogP) is 0.552. The number of ether oxygens (including phenoxy) is 2. The van der Waals surface area contributed by atoms with Crippen LogP contribution < -0.4 is 10.6 Å². The van der Waals surface area contributed by atoms with Gasteiger partial charge < -0.3 is 25.0 Å². The third kappa shape index (κ3) is 5.41. The second-order valence-corrected chi connectivity index (χ2v) is 7.53. The van der Waals surface area contributed by atoms with E-state index in [1.165, 1.54) is 0 Å². The lowest BCUT2D eigenvalue weighted by Gasteiger charge is -2.30. The molecule has 3 amide bonds. The Kier molecular flexibility index (Phi) is 7.40. The minimum atomic E-state index is -0.691. The molecule has 1 unspecified atom stereocenters. The Morgan fingerprint density at radius 3 is 2.42 bits per heavy atom. The van der Waals surface area contributed by atoms with Crippen molar-refractivity contribution in [1.29, 1.82) is 0 Å². The number of hydrogen-bond acceptors (Lipinski definition) is 5. The van der Waals surface area contributed by atoms with Gasteiger partial charge in [-0.15, -0.1) is 0 Å².